The number of nitrogens with one attached hydrogen (secondary N) is 1. The molecule has 2 N–H and O–H groups in total. The number of aromatic nitrogens is 3. The molecule has 228 valence electrons. The molecule has 0 amide bonds. The number of aliphatic hydroxyl groups is 1. The Balaban J connectivity index is 1.35. The van der Waals surface area contributed by atoms with Gasteiger partial charge in [0.25, 0.3) is 5.56 Å². The van der Waals surface area contributed by atoms with Crippen LogP contribution in [0.25, 0.3) is 11.0 Å². The van der Waals surface area contributed by atoms with Crippen molar-refractivity contribution in [3.05, 3.63) is 52.4 Å². The number of fused-ring (bicyclic) bond motifs is 1. The molecule has 0 bridgehead atoms. The molecule has 2 aliphatic rings. The fourth-order valence-electron chi connectivity index (χ4n) is 5.56. The van der Waals surface area contributed by atoms with Crippen molar-refractivity contribution in [1.82, 2.24) is 18.8 Å². The highest BCUT2D eigenvalue weighted by atomic mass is 32.2. The van der Waals surface area contributed by atoms with Crippen LogP contribution in [0.4, 0.5) is 27.9 Å². The van der Waals surface area contributed by atoms with Crippen molar-refractivity contribution in [3.8, 4) is 5.75 Å². The van der Waals surface area contributed by atoms with E-state index in [0.29, 0.717) is 32.1 Å². The summed E-state index contributed by atoms with van der Waals surface area (Å²) in [6.45, 7) is -1.50. The van der Waals surface area contributed by atoms with Gasteiger partial charge >= 0.3 is 12.8 Å². The maximum absolute atomic E-state index is 13.2. The minimum Gasteiger partial charge on any atom is -0.429 e. The van der Waals surface area contributed by atoms with Crippen LogP contribution in [0.5, 0.6) is 5.75 Å². The molecule has 1 aromatic carbocycles. The molecule has 0 unspecified atom stereocenters. The number of piperidine rings is 1. The third-order valence-electron chi connectivity index (χ3n) is 7.75. The zero-order valence-corrected chi connectivity index (χ0v) is 23.1. The fraction of sp³-hybridized carbons (Fsp3) is 0.500. The van der Waals surface area contributed by atoms with Crippen molar-refractivity contribution in [2.45, 2.75) is 74.4 Å². The molecule has 16 heteroatoms. The Bertz CT molecular complexity index is 1620. The van der Waals surface area contributed by atoms with Crippen molar-refractivity contribution in [2.24, 2.45) is 0 Å². The van der Waals surface area contributed by atoms with Gasteiger partial charge in [-0.15, -0.1) is 0 Å². The molecule has 1 aliphatic heterocycles. The standard InChI is InChI=1S/C26H28F5N5O5S/c1-25(38)10-2-3-20(25)36-21-15(13-19(22(36)37)41-23(27)28)14-32-24(34-21)33-17-8-11-35(12-9-17)42(39,40)18-6-4-16(5-7-18)26(29,30)31/h4-7,13-14,17,20,23,38H,2-3,8-12H2,1H3,(H,32,33,34)/t20-,25-/m1/s1. The first kappa shape index (κ1) is 30.1. The Kier molecular flexibility index (Phi) is 7.91. The quantitative estimate of drug-likeness (QED) is 0.379. The second-order valence-electron chi connectivity index (χ2n) is 10.6. The lowest BCUT2D eigenvalue weighted by atomic mass is 10.00. The van der Waals surface area contributed by atoms with E-state index in [9.17, 15) is 40.3 Å². The summed E-state index contributed by atoms with van der Waals surface area (Å²) in [5, 5.41) is 14.3. The van der Waals surface area contributed by atoms with E-state index >= 15 is 0 Å². The van der Waals surface area contributed by atoms with Crippen LogP contribution in [-0.2, 0) is 16.2 Å². The van der Waals surface area contributed by atoms with E-state index < -0.39 is 51.3 Å². The van der Waals surface area contributed by atoms with Gasteiger partial charge in [-0.2, -0.15) is 31.2 Å². The van der Waals surface area contributed by atoms with Crippen molar-refractivity contribution in [3.63, 3.8) is 0 Å². The Hall–Kier alpha value is -3.37. The fourth-order valence-corrected chi connectivity index (χ4v) is 7.03. The molecule has 2 fully saturated rings. The molecule has 2 aromatic heterocycles. The van der Waals surface area contributed by atoms with Gasteiger partial charge in [0.05, 0.1) is 22.1 Å². The van der Waals surface area contributed by atoms with E-state index in [2.05, 4.69) is 20.0 Å². The number of benzene rings is 1. The normalized spacial score (nSPS) is 22.6. The average Bonchev–Trinajstić information content (AvgIpc) is 3.27. The molecule has 3 aromatic rings. The summed E-state index contributed by atoms with van der Waals surface area (Å²) in [5.41, 5.74) is -2.97. The molecule has 1 aliphatic carbocycles. The molecule has 3 heterocycles. The van der Waals surface area contributed by atoms with Crippen LogP contribution in [0.1, 0.15) is 50.6 Å². The number of anilines is 1. The SMILES string of the molecule is C[C@@]1(O)CCC[C@H]1n1c(=O)c(OC(F)F)cc2cnc(NC3CCN(S(=O)(=O)c4ccc(C(F)(F)F)cc4)CC3)nc21. The summed E-state index contributed by atoms with van der Waals surface area (Å²) in [7, 11) is -4.01. The lowest BCUT2D eigenvalue weighted by Crippen LogP contribution is -2.42. The van der Waals surface area contributed by atoms with Crippen molar-refractivity contribution >= 4 is 27.0 Å². The molecule has 10 nitrogen and oxygen atoms in total. The third kappa shape index (κ3) is 5.92. The number of hydrogen-bond acceptors (Lipinski definition) is 8. The van der Waals surface area contributed by atoms with Gasteiger partial charge in [0, 0.05) is 30.7 Å². The summed E-state index contributed by atoms with van der Waals surface area (Å²) >= 11 is 0. The molecule has 0 spiro atoms. The first-order chi connectivity index (χ1) is 19.7. The van der Waals surface area contributed by atoms with Crippen molar-refractivity contribution in [2.75, 3.05) is 18.4 Å². The number of nitrogens with zero attached hydrogens (tertiary/aromatic N) is 4. The van der Waals surface area contributed by atoms with Gasteiger partial charge in [0.15, 0.2) is 5.75 Å². The number of ether oxygens (including phenoxy) is 1. The van der Waals surface area contributed by atoms with E-state index in [1.165, 1.54) is 15.1 Å². The first-order valence-corrected chi connectivity index (χ1v) is 14.6. The van der Waals surface area contributed by atoms with E-state index in [0.717, 1.165) is 30.3 Å². The summed E-state index contributed by atoms with van der Waals surface area (Å²) in [5.74, 6) is -0.481. The number of pyridine rings is 1. The summed E-state index contributed by atoms with van der Waals surface area (Å²) < 4.78 is 97.4. The van der Waals surface area contributed by atoms with Crippen LogP contribution < -0.4 is 15.6 Å². The van der Waals surface area contributed by atoms with Crippen LogP contribution in [0.3, 0.4) is 0 Å². The largest absolute Gasteiger partial charge is 0.429 e. The number of hydrogen-bond donors (Lipinski definition) is 2. The van der Waals surface area contributed by atoms with E-state index in [1.807, 2.05) is 0 Å². The molecule has 5 rings (SSSR count). The Labute approximate surface area is 237 Å². The number of rotatable bonds is 7. The van der Waals surface area contributed by atoms with E-state index in [4.69, 9.17) is 0 Å². The molecule has 1 saturated carbocycles. The van der Waals surface area contributed by atoms with Gasteiger partial charge in [-0.05, 0) is 69.4 Å². The van der Waals surface area contributed by atoms with Crippen LogP contribution in [0, 0.1) is 0 Å². The molecule has 0 radical (unpaired) electrons. The molecule has 2 atom stereocenters. The van der Waals surface area contributed by atoms with Crippen molar-refractivity contribution < 1.29 is 40.2 Å². The molecular formula is C26H28F5N5O5S. The summed E-state index contributed by atoms with van der Waals surface area (Å²) in [6.07, 6.45) is -1.17. The van der Waals surface area contributed by atoms with Gasteiger partial charge < -0.3 is 15.2 Å². The molecular weight excluding hydrogens is 589 g/mol. The highest BCUT2D eigenvalue weighted by Crippen LogP contribution is 2.40. The number of sulfonamides is 1. The number of halogens is 5. The predicted octanol–water partition coefficient (Wildman–Crippen LogP) is 4.15. The first-order valence-electron chi connectivity index (χ1n) is 13.2. The summed E-state index contributed by atoms with van der Waals surface area (Å²) in [4.78, 5) is 21.7. The topological polar surface area (TPSA) is 127 Å². The second-order valence-corrected chi connectivity index (χ2v) is 12.6. The molecule has 42 heavy (non-hydrogen) atoms. The Morgan fingerprint density at radius 1 is 1.14 bits per heavy atom. The second kappa shape index (κ2) is 11.0. The third-order valence-corrected chi connectivity index (χ3v) is 9.67. The zero-order chi connectivity index (χ0) is 30.4. The van der Waals surface area contributed by atoms with Crippen LogP contribution in [0.2, 0.25) is 0 Å². The maximum atomic E-state index is 13.2. The van der Waals surface area contributed by atoms with Crippen LogP contribution >= 0.6 is 0 Å². The minimum atomic E-state index is -4.58. The van der Waals surface area contributed by atoms with Gasteiger partial charge in [0.2, 0.25) is 16.0 Å². The Morgan fingerprint density at radius 3 is 2.38 bits per heavy atom. The lowest BCUT2D eigenvalue weighted by molar-refractivity contribution is -0.137. The highest BCUT2D eigenvalue weighted by Gasteiger charge is 2.40. The highest BCUT2D eigenvalue weighted by molar-refractivity contribution is 7.89. The maximum Gasteiger partial charge on any atom is 0.416 e. The van der Waals surface area contributed by atoms with Gasteiger partial charge in [0.1, 0.15) is 5.65 Å². The van der Waals surface area contributed by atoms with Crippen molar-refractivity contribution in [1.29, 1.82) is 0 Å². The monoisotopic (exact) mass is 617 g/mol. The lowest BCUT2D eigenvalue weighted by Gasteiger charge is -2.32. The van der Waals surface area contributed by atoms with E-state index in [-0.39, 0.29) is 41.0 Å². The summed E-state index contributed by atoms with van der Waals surface area (Å²) in [6, 6.07) is 3.43. The smallest absolute Gasteiger partial charge is 0.416 e. The average molecular weight is 618 g/mol. The van der Waals surface area contributed by atoms with Gasteiger partial charge in [-0.1, -0.05) is 0 Å². The van der Waals surface area contributed by atoms with Gasteiger partial charge in [-0.25, -0.2) is 13.4 Å². The predicted molar refractivity (Wildman–Crippen MR) is 141 cm³/mol. The molecule has 1 saturated heterocycles. The zero-order valence-electron chi connectivity index (χ0n) is 22.3. The van der Waals surface area contributed by atoms with Gasteiger partial charge in [-0.3, -0.25) is 9.36 Å². The number of alkyl halides is 5. The Morgan fingerprint density at radius 2 is 1.81 bits per heavy atom. The van der Waals surface area contributed by atoms with Crippen LogP contribution in [0.15, 0.2) is 46.2 Å². The van der Waals surface area contributed by atoms with E-state index in [1.54, 1.807) is 6.92 Å². The van der Waals surface area contributed by atoms with Crippen LogP contribution in [-0.4, -0.2) is 63.7 Å². The minimum absolute atomic E-state index is 0.0819.